The van der Waals surface area contributed by atoms with Crippen molar-refractivity contribution in [3.8, 4) is 0 Å². The van der Waals surface area contributed by atoms with Crippen molar-refractivity contribution in [1.82, 2.24) is 9.29 Å². The molecule has 1 atom stereocenters. The number of carboxylic acids is 1. The van der Waals surface area contributed by atoms with Crippen molar-refractivity contribution in [1.29, 1.82) is 0 Å². The van der Waals surface area contributed by atoms with E-state index in [1.165, 1.54) is 29.8 Å². The summed E-state index contributed by atoms with van der Waals surface area (Å²) in [6.07, 6.45) is 3.96. The van der Waals surface area contributed by atoms with Crippen LogP contribution in [0.25, 0.3) is 10.9 Å². The summed E-state index contributed by atoms with van der Waals surface area (Å²) in [5.41, 5.74) is 0.590. The molecule has 12 heteroatoms. The lowest BCUT2D eigenvalue weighted by molar-refractivity contribution is -0.138. The van der Waals surface area contributed by atoms with E-state index in [0.717, 1.165) is 0 Å². The molecule has 4 rings (SSSR count). The first-order chi connectivity index (χ1) is 16.3. The molecule has 0 saturated carbocycles. The molecule has 2 heterocycles. The average molecular weight is 506 g/mol. The zero-order valence-corrected chi connectivity index (χ0v) is 19.5. The van der Waals surface area contributed by atoms with Crippen molar-refractivity contribution < 1.29 is 32.6 Å². The van der Waals surface area contributed by atoms with Gasteiger partial charge in [-0.15, -0.1) is 0 Å². The fraction of sp³-hybridized carbons (Fsp3) is 0.273. The van der Waals surface area contributed by atoms with Gasteiger partial charge in [-0.1, -0.05) is 17.7 Å². The van der Waals surface area contributed by atoms with Gasteiger partial charge in [-0.2, -0.15) is 4.31 Å². The number of carbonyl (C=O) groups excluding carboxylic acids is 1. The number of methoxy groups -OCH3 is 1. The molecule has 1 saturated heterocycles. The van der Waals surface area contributed by atoms with E-state index in [2.05, 4.69) is 10.3 Å². The highest BCUT2D eigenvalue weighted by atomic mass is 35.5. The molecule has 1 aromatic heterocycles. The van der Waals surface area contributed by atoms with E-state index >= 15 is 0 Å². The van der Waals surface area contributed by atoms with Crippen LogP contribution in [0.3, 0.4) is 0 Å². The summed E-state index contributed by atoms with van der Waals surface area (Å²) in [5, 5.41) is 13.2. The fourth-order valence-electron chi connectivity index (χ4n) is 3.82. The van der Waals surface area contributed by atoms with Crippen LogP contribution in [0.1, 0.15) is 0 Å². The summed E-state index contributed by atoms with van der Waals surface area (Å²) >= 11 is 6.20. The second-order valence-electron chi connectivity index (χ2n) is 7.44. The van der Waals surface area contributed by atoms with E-state index in [1.807, 2.05) is 0 Å². The Morgan fingerprint density at radius 1 is 1.35 bits per heavy atom. The van der Waals surface area contributed by atoms with E-state index in [-0.39, 0.29) is 53.9 Å². The Morgan fingerprint density at radius 3 is 2.74 bits per heavy atom. The number of halogens is 1. The highest BCUT2D eigenvalue weighted by molar-refractivity contribution is 7.89. The number of benzene rings is 1. The minimum absolute atomic E-state index is 0.0633. The number of hydrogen-bond acceptors (Lipinski definition) is 8. The van der Waals surface area contributed by atoms with E-state index < -0.39 is 21.9 Å². The molecule has 0 bridgehead atoms. The number of nitrogens with zero attached hydrogens (tertiary/aromatic N) is 2. The number of nitrogens with one attached hydrogen (secondary N) is 1. The van der Waals surface area contributed by atoms with Crippen molar-refractivity contribution in [2.75, 3.05) is 38.7 Å². The number of sulfonamides is 1. The van der Waals surface area contributed by atoms with Crippen LogP contribution >= 0.6 is 11.6 Å². The summed E-state index contributed by atoms with van der Waals surface area (Å²) < 4.78 is 39.0. The number of pyridine rings is 1. The first-order valence-corrected chi connectivity index (χ1v) is 12.0. The molecule has 1 unspecified atom stereocenters. The lowest BCUT2D eigenvalue weighted by Crippen LogP contribution is -2.40. The van der Waals surface area contributed by atoms with E-state index in [1.54, 1.807) is 24.1 Å². The summed E-state index contributed by atoms with van der Waals surface area (Å²) in [6.45, 7) is 0.889. The summed E-state index contributed by atoms with van der Waals surface area (Å²) in [6, 6.07) is 4.84. The Labute approximate surface area is 200 Å². The van der Waals surface area contributed by atoms with Crippen LogP contribution in [0.2, 0.25) is 5.02 Å². The van der Waals surface area contributed by atoms with E-state index in [9.17, 15) is 23.1 Å². The lowest BCUT2D eigenvalue weighted by atomic mass is 9.92. The second-order valence-corrected chi connectivity index (χ2v) is 9.78. The monoisotopic (exact) mass is 505 g/mol. The van der Waals surface area contributed by atoms with Gasteiger partial charge in [0, 0.05) is 29.7 Å². The molecule has 1 aliphatic carbocycles. The Balaban J connectivity index is 1.91. The third-order valence-electron chi connectivity index (χ3n) is 5.48. The highest BCUT2D eigenvalue weighted by Crippen LogP contribution is 2.36. The minimum atomic E-state index is -4.00. The van der Waals surface area contributed by atoms with Crippen LogP contribution in [0.15, 0.2) is 58.5 Å². The number of aromatic nitrogens is 1. The summed E-state index contributed by atoms with van der Waals surface area (Å²) in [7, 11) is -2.72. The molecule has 178 valence electrons. The molecule has 2 N–H and O–H groups in total. The normalized spacial score (nSPS) is 19.2. The van der Waals surface area contributed by atoms with Gasteiger partial charge < -0.3 is 19.9 Å². The molecule has 0 spiro atoms. The quantitative estimate of drug-likeness (QED) is 0.566. The smallest absolute Gasteiger partial charge is 0.315 e. The van der Waals surface area contributed by atoms with Crippen LogP contribution in [-0.4, -0.2) is 68.1 Å². The minimum Gasteiger partial charge on any atom is -0.493 e. The number of hydrogen-bond donors (Lipinski definition) is 2. The number of carboxylic acid groups (broad SMARTS) is 1. The Hall–Kier alpha value is -3.21. The summed E-state index contributed by atoms with van der Waals surface area (Å²) in [5.74, 6) is -0.932. The van der Waals surface area contributed by atoms with Gasteiger partial charge in [0.05, 0.1) is 42.8 Å². The zero-order valence-electron chi connectivity index (χ0n) is 17.9. The number of rotatable bonds is 6. The SMILES string of the molecule is COC1=C(Nc2c(S(=O)(=O)N3CCOCC3)cnc3ccc(Cl)cc23)C=CC(C(=O)O)C1=C=O. The number of ether oxygens (including phenoxy) is 2. The van der Waals surface area contributed by atoms with Crippen molar-refractivity contribution >= 4 is 50.1 Å². The molecular weight excluding hydrogens is 486 g/mol. The van der Waals surface area contributed by atoms with Gasteiger partial charge >= 0.3 is 5.97 Å². The van der Waals surface area contributed by atoms with Gasteiger partial charge in [-0.05, 0) is 24.3 Å². The maximum Gasteiger partial charge on any atom is 0.315 e. The Bertz CT molecular complexity index is 1370. The predicted octanol–water partition coefficient (Wildman–Crippen LogP) is 2.21. The standard InChI is InChI=1S/C22H20ClN3O7S/c1-32-21-16(12-27)14(22(28)29)3-5-18(21)25-20-15-10-13(23)2-4-17(15)24-11-19(20)34(30,31)26-6-8-33-9-7-26/h2-5,10-11,14H,6-9H2,1H3,(H,24,25)(H,28,29). The van der Waals surface area contributed by atoms with Gasteiger partial charge in [0.25, 0.3) is 0 Å². The molecule has 10 nitrogen and oxygen atoms in total. The molecular formula is C22H20ClN3O7S. The molecule has 1 aromatic carbocycles. The van der Waals surface area contributed by atoms with Gasteiger partial charge in [0.2, 0.25) is 10.0 Å². The van der Waals surface area contributed by atoms with E-state index in [0.29, 0.717) is 15.9 Å². The van der Waals surface area contributed by atoms with Crippen molar-refractivity contribution in [3.63, 3.8) is 0 Å². The average Bonchev–Trinajstić information content (AvgIpc) is 2.84. The largest absolute Gasteiger partial charge is 0.493 e. The van der Waals surface area contributed by atoms with Crippen LogP contribution in [-0.2, 0) is 29.1 Å². The predicted molar refractivity (Wildman–Crippen MR) is 123 cm³/mol. The van der Waals surface area contributed by atoms with Crippen molar-refractivity contribution in [2.45, 2.75) is 4.90 Å². The number of fused-ring (bicyclic) bond motifs is 1. The number of carbonyl (C=O) groups is 1. The number of allylic oxidation sites excluding steroid dienone is 2. The van der Waals surface area contributed by atoms with Gasteiger partial charge in [-0.25, -0.2) is 13.2 Å². The van der Waals surface area contributed by atoms with E-state index in [4.69, 9.17) is 21.1 Å². The third kappa shape index (κ3) is 4.31. The highest BCUT2D eigenvalue weighted by Gasteiger charge is 2.33. The number of anilines is 1. The molecule has 0 radical (unpaired) electrons. The van der Waals surface area contributed by atoms with Gasteiger partial charge in [0.1, 0.15) is 16.8 Å². The maximum atomic E-state index is 13.5. The Kier molecular flexibility index (Phi) is 6.74. The summed E-state index contributed by atoms with van der Waals surface area (Å²) in [4.78, 5) is 27.3. The number of aliphatic carboxylic acids is 1. The maximum absolute atomic E-state index is 13.5. The topological polar surface area (TPSA) is 135 Å². The fourth-order valence-corrected chi connectivity index (χ4v) is 5.50. The van der Waals surface area contributed by atoms with Gasteiger partial charge in [0.15, 0.2) is 5.76 Å². The van der Waals surface area contributed by atoms with Crippen molar-refractivity contribution in [2.24, 2.45) is 5.92 Å². The third-order valence-corrected chi connectivity index (χ3v) is 7.62. The van der Waals surface area contributed by atoms with Crippen molar-refractivity contribution in [3.05, 3.63) is 58.6 Å². The first kappa shape index (κ1) is 23.9. The van der Waals surface area contributed by atoms with Crippen LogP contribution in [0, 0.1) is 5.92 Å². The zero-order chi connectivity index (χ0) is 24.5. The van der Waals surface area contributed by atoms with Gasteiger partial charge in [-0.3, -0.25) is 9.78 Å². The van der Waals surface area contributed by atoms with Crippen LogP contribution < -0.4 is 5.32 Å². The molecule has 34 heavy (non-hydrogen) atoms. The molecule has 2 aliphatic rings. The second kappa shape index (κ2) is 9.57. The molecule has 1 aliphatic heterocycles. The molecule has 0 amide bonds. The lowest BCUT2D eigenvalue weighted by Gasteiger charge is -2.28. The Morgan fingerprint density at radius 2 is 2.09 bits per heavy atom. The van der Waals surface area contributed by atoms with Crippen LogP contribution in [0.5, 0.6) is 0 Å². The molecule has 2 aromatic rings. The number of morpholine rings is 1. The first-order valence-electron chi connectivity index (χ1n) is 10.2. The molecule has 1 fully saturated rings. The van der Waals surface area contributed by atoms with Crippen LogP contribution in [0.4, 0.5) is 5.69 Å².